The van der Waals surface area contributed by atoms with Gasteiger partial charge >= 0.3 is 0 Å². The number of aliphatic hydroxyl groups is 2. The van der Waals surface area contributed by atoms with Crippen molar-refractivity contribution in [1.29, 1.82) is 0 Å². The molecule has 2 fully saturated rings. The summed E-state index contributed by atoms with van der Waals surface area (Å²) in [7, 11) is -3.91. The summed E-state index contributed by atoms with van der Waals surface area (Å²) in [4.78, 5) is 12.3. The smallest absolute Gasteiger partial charge is 0.255 e. The molecule has 0 radical (unpaired) electrons. The highest BCUT2D eigenvalue weighted by Gasteiger charge is 2.53. The van der Waals surface area contributed by atoms with E-state index in [4.69, 9.17) is 11.6 Å². The van der Waals surface area contributed by atoms with Gasteiger partial charge in [0, 0.05) is 23.4 Å². The van der Waals surface area contributed by atoms with E-state index in [1.807, 2.05) is 0 Å². The van der Waals surface area contributed by atoms with Crippen LogP contribution in [0.4, 0.5) is 18.9 Å². The third-order valence-corrected chi connectivity index (χ3v) is 8.85. The van der Waals surface area contributed by atoms with Gasteiger partial charge in [-0.15, -0.1) is 0 Å². The number of sulfone groups is 1. The number of benzene rings is 2. The van der Waals surface area contributed by atoms with Crippen molar-refractivity contribution in [3.05, 3.63) is 58.4 Å². The van der Waals surface area contributed by atoms with Crippen LogP contribution >= 0.6 is 11.6 Å². The van der Waals surface area contributed by atoms with Crippen LogP contribution in [0.2, 0.25) is 5.02 Å². The van der Waals surface area contributed by atoms with Gasteiger partial charge in [0.15, 0.2) is 27.3 Å². The van der Waals surface area contributed by atoms with E-state index in [1.54, 1.807) is 0 Å². The Bertz CT molecular complexity index is 1190. The second-order valence-corrected chi connectivity index (χ2v) is 11.3. The third kappa shape index (κ3) is 4.62. The Morgan fingerprint density at radius 2 is 1.73 bits per heavy atom. The summed E-state index contributed by atoms with van der Waals surface area (Å²) in [5.41, 5.74) is -1.64. The van der Waals surface area contributed by atoms with Crippen LogP contribution in [-0.2, 0) is 9.84 Å². The Morgan fingerprint density at radius 1 is 1.12 bits per heavy atom. The van der Waals surface area contributed by atoms with Crippen molar-refractivity contribution in [2.45, 2.75) is 29.8 Å². The van der Waals surface area contributed by atoms with E-state index in [0.29, 0.717) is 25.0 Å². The fraction of sp³-hybridized carbons (Fsp3) is 0.409. The molecule has 0 saturated heterocycles. The number of hydrogen-bond donors (Lipinski definition) is 3. The van der Waals surface area contributed by atoms with Crippen LogP contribution in [0.15, 0.2) is 35.2 Å². The molecule has 2 saturated carbocycles. The number of nitrogens with one attached hydrogen (secondary N) is 1. The highest BCUT2D eigenvalue weighted by atomic mass is 35.5. The van der Waals surface area contributed by atoms with E-state index >= 15 is 0 Å². The minimum atomic E-state index is -3.91. The Hall–Kier alpha value is -2.14. The van der Waals surface area contributed by atoms with Crippen molar-refractivity contribution in [2.75, 3.05) is 17.7 Å². The van der Waals surface area contributed by atoms with Gasteiger partial charge in [0.05, 0.1) is 27.9 Å². The maximum atomic E-state index is 13.4. The van der Waals surface area contributed by atoms with Gasteiger partial charge in [-0.3, -0.25) is 4.79 Å². The molecule has 0 aromatic heterocycles. The van der Waals surface area contributed by atoms with Crippen molar-refractivity contribution in [3.63, 3.8) is 0 Å². The summed E-state index contributed by atoms with van der Waals surface area (Å²) in [5.74, 6) is -5.99. The Morgan fingerprint density at radius 3 is 2.30 bits per heavy atom. The second-order valence-electron chi connectivity index (χ2n) is 8.85. The van der Waals surface area contributed by atoms with Crippen molar-refractivity contribution in [3.8, 4) is 0 Å². The average Bonchev–Trinajstić information content (AvgIpc) is 2.76. The lowest BCUT2D eigenvalue weighted by Crippen LogP contribution is -2.55. The summed E-state index contributed by atoms with van der Waals surface area (Å²) < 4.78 is 66.1. The van der Waals surface area contributed by atoms with Gasteiger partial charge in [-0.2, -0.15) is 0 Å². The zero-order valence-corrected chi connectivity index (χ0v) is 18.8. The first kappa shape index (κ1) is 24.0. The van der Waals surface area contributed by atoms with E-state index < -0.39 is 38.8 Å². The fourth-order valence-corrected chi connectivity index (χ4v) is 7.29. The topological polar surface area (TPSA) is 104 Å². The average molecular weight is 504 g/mol. The fourth-order valence-electron chi connectivity index (χ4n) is 4.91. The number of aliphatic hydroxyl groups excluding tert-OH is 1. The molecule has 2 aromatic rings. The third-order valence-electron chi connectivity index (χ3n) is 6.58. The summed E-state index contributed by atoms with van der Waals surface area (Å²) in [6.45, 7) is -0.371. The van der Waals surface area contributed by atoms with E-state index in [2.05, 4.69) is 5.32 Å². The number of rotatable bonds is 6. The zero-order valence-electron chi connectivity index (χ0n) is 17.2. The van der Waals surface area contributed by atoms with Crippen molar-refractivity contribution >= 4 is 33.0 Å². The normalized spacial score (nSPS) is 26.5. The summed E-state index contributed by atoms with van der Waals surface area (Å²) in [6.07, 6.45) is 1.42. The van der Waals surface area contributed by atoms with Gasteiger partial charge in [-0.05, 0) is 55.2 Å². The molecule has 2 bridgehead atoms. The minimum absolute atomic E-state index is 0.0378. The Kier molecular flexibility index (Phi) is 6.24. The molecule has 2 aliphatic carbocycles. The summed E-state index contributed by atoms with van der Waals surface area (Å²) >= 11 is 6.11. The van der Waals surface area contributed by atoms with Crippen LogP contribution in [0, 0.1) is 35.2 Å². The zero-order chi connectivity index (χ0) is 24.1. The van der Waals surface area contributed by atoms with Gasteiger partial charge < -0.3 is 15.5 Å². The highest BCUT2D eigenvalue weighted by Crippen LogP contribution is 2.54. The summed E-state index contributed by atoms with van der Waals surface area (Å²) in [5, 5.41) is 21.8. The van der Waals surface area contributed by atoms with Crippen LogP contribution in [0.1, 0.15) is 29.6 Å². The predicted octanol–water partition coefficient (Wildman–Crippen LogP) is 3.55. The molecule has 4 atom stereocenters. The van der Waals surface area contributed by atoms with Gasteiger partial charge in [0.2, 0.25) is 0 Å². The van der Waals surface area contributed by atoms with Crippen LogP contribution in [0.5, 0.6) is 0 Å². The minimum Gasteiger partial charge on any atom is -0.393 e. The van der Waals surface area contributed by atoms with Crippen molar-refractivity contribution in [1.82, 2.24) is 0 Å². The molecule has 0 aliphatic heterocycles. The second kappa shape index (κ2) is 8.57. The first-order valence-electron chi connectivity index (χ1n) is 10.2. The molecule has 6 nitrogen and oxygen atoms in total. The predicted molar refractivity (Wildman–Crippen MR) is 114 cm³/mol. The standard InChI is InChI=1S/C22H21ClF3NO5S/c23-16-2-1-11(21(29)27-14-5-17(24)20(26)18(25)6-14)4-19(16)33(31,32)9-15-12-3-13(15)8-22(30,7-12)10-28/h1-2,4-6,12-13,15,28,30H,3,7-10H2,(H,27,29)/t12-,13?,15?,22?/m0/s1. The lowest BCUT2D eigenvalue weighted by molar-refractivity contribution is -0.139. The number of carbonyl (C=O) groups is 1. The van der Waals surface area contributed by atoms with Crippen LogP contribution in [0.25, 0.3) is 0 Å². The molecular weight excluding hydrogens is 483 g/mol. The molecule has 0 spiro atoms. The first-order chi connectivity index (χ1) is 15.4. The van der Waals surface area contributed by atoms with Gasteiger partial charge in [0.1, 0.15) is 0 Å². The molecule has 11 heteroatoms. The lowest BCUT2D eigenvalue weighted by atomic mass is 9.53. The van der Waals surface area contributed by atoms with Crippen LogP contribution < -0.4 is 5.32 Å². The molecule has 4 rings (SSSR count). The molecule has 2 aromatic carbocycles. The maximum absolute atomic E-state index is 13.4. The lowest BCUT2D eigenvalue weighted by Gasteiger charge is -2.55. The molecule has 2 aliphatic rings. The molecule has 1 amide bonds. The van der Waals surface area contributed by atoms with Crippen molar-refractivity contribution in [2.24, 2.45) is 17.8 Å². The molecule has 3 unspecified atom stereocenters. The molecule has 33 heavy (non-hydrogen) atoms. The van der Waals surface area contributed by atoms with E-state index in [9.17, 15) is 36.6 Å². The molecular formula is C22H21ClF3NO5S. The SMILES string of the molecule is O=C(Nc1cc(F)c(F)c(F)c1)c1ccc(Cl)c(S(=O)(=O)CC2C3C[C@H]2CC(O)(CO)C3)c1. The number of amides is 1. The highest BCUT2D eigenvalue weighted by molar-refractivity contribution is 7.91. The van der Waals surface area contributed by atoms with Gasteiger partial charge in [-0.1, -0.05) is 11.6 Å². The first-order valence-corrected chi connectivity index (χ1v) is 12.3. The number of hydrogen-bond acceptors (Lipinski definition) is 5. The number of carbonyl (C=O) groups excluding carboxylic acids is 1. The number of fused-ring (bicyclic) bond motifs is 2. The largest absolute Gasteiger partial charge is 0.393 e. The Labute approximate surface area is 193 Å². The Balaban J connectivity index is 1.53. The number of anilines is 1. The monoisotopic (exact) mass is 503 g/mol. The summed E-state index contributed by atoms with van der Waals surface area (Å²) in [6, 6.07) is 4.79. The van der Waals surface area contributed by atoms with E-state index in [1.165, 1.54) is 12.1 Å². The number of halogens is 4. The van der Waals surface area contributed by atoms with Crippen LogP contribution in [-0.4, -0.2) is 42.5 Å². The molecule has 3 N–H and O–H groups in total. The van der Waals surface area contributed by atoms with Crippen LogP contribution in [0.3, 0.4) is 0 Å². The molecule has 0 heterocycles. The van der Waals surface area contributed by atoms with E-state index in [0.717, 1.165) is 12.5 Å². The van der Waals surface area contributed by atoms with Crippen molar-refractivity contribution < 1.29 is 36.6 Å². The van der Waals surface area contributed by atoms with E-state index in [-0.39, 0.29) is 51.3 Å². The van der Waals surface area contributed by atoms with Gasteiger partial charge in [-0.25, -0.2) is 21.6 Å². The van der Waals surface area contributed by atoms with Gasteiger partial charge in [0.25, 0.3) is 5.91 Å². The quantitative estimate of drug-likeness (QED) is 0.523. The molecule has 178 valence electrons. The maximum Gasteiger partial charge on any atom is 0.255 e.